The van der Waals surface area contributed by atoms with Gasteiger partial charge in [0.2, 0.25) is 0 Å². The van der Waals surface area contributed by atoms with Crippen molar-refractivity contribution in [2.45, 2.75) is 12.8 Å². The molecule has 3 rings (SSSR count). The van der Waals surface area contributed by atoms with Gasteiger partial charge in [0, 0.05) is 17.4 Å². The minimum Gasteiger partial charge on any atom is -0.493 e. The first-order chi connectivity index (χ1) is 14.0. The topological polar surface area (TPSA) is 118 Å². The predicted octanol–water partition coefficient (Wildman–Crippen LogP) is 1.46. The summed E-state index contributed by atoms with van der Waals surface area (Å²) in [5.41, 5.74) is -0.407. The molecule has 0 amide bonds. The van der Waals surface area contributed by atoms with Crippen LogP contribution < -0.4 is 14.4 Å². The summed E-state index contributed by atoms with van der Waals surface area (Å²) in [6, 6.07) is 11.8. The first kappa shape index (κ1) is 20.4. The number of nitriles is 3. The quantitative estimate of drug-likeness (QED) is 0.755. The van der Waals surface area contributed by atoms with Crippen LogP contribution in [0, 0.1) is 56.7 Å². The maximum atomic E-state index is 10.1. The van der Waals surface area contributed by atoms with E-state index in [1.165, 1.54) is 19.1 Å². The molecule has 1 aliphatic heterocycles. The van der Waals surface area contributed by atoms with Crippen LogP contribution in [0.2, 0.25) is 0 Å². The lowest BCUT2D eigenvalue weighted by Crippen LogP contribution is -3.13. The molecular weight excluding hydrogens is 366 g/mol. The van der Waals surface area contributed by atoms with Gasteiger partial charge in [0.25, 0.3) is 0 Å². The van der Waals surface area contributed by atoms with Crippen molar-refractivity contribution >= 4 is 5.71 Å². The van der Waals surface area contributed by atoms with E-state index >= 15 is 0 Å². The van der Waals surface area contributed by atoms with Crippen molar-refractivity contribution in [1.29, 1.82) is 21.2 Å². The highest BCUT2D eigenvalue weighted by Crippen LogP contribution is 2.55. The van der Waals surface area contributed by atoms with Gasteiger partial charge in [-0.25, -0.2) is 0 Å². The maximum Gasteiger partial charge on any atom is 0.190 e. The van der Waals surface area contributed by atoms with Crippen LogP contribution in [0.1, 0.15) is 18.4 Å². The average Bonchev–Trinajstić information content (AvgIpc) is 2.77. The molecule has 0 spiro atoms. The van der Waals surface area contributed by atoms with Crippen molar-refractivity contribution in [3.63, 3.8) is 0 Å². The lowest BCUT2D eigenvalue weighted by Gasteiger charge is -2.46. The highest BCUT2D eigenvalue weighted by Gasteiger charge is 2.59. The number of quaternary nitrogens is 1. The Kier molecular flexibility index (Phi) is 5.59. The predicted molar refractivity (Wildman–Crippen MR) is 106 cm³/mol. The Bertz CT molecular complexity index is 964. The zero-order chi connectivity index (χ0) is 21.2. The number of nitrogens with zero attached hydrogens (tertiary/aromatic N) is 3. The molecule has 29 heavy (non-hydrogen) atoms. The second-order valence-electron chi connectivity index (χ2n) is 7.39. The van der Waals surface area contributed by atoms with Gasteiger partial charge in [-0.15, -0.1) is 0 Å². The molecule has 4 atom stereocenters. The summed E-state index contributed by atoms with van der Waals surface area (Å²) in [5.74, 6) is -0.748. The minimum absolute atomic E-state index is 0.151. The Labute approximate surface area is 170 Å². The number of rotatable bonds is 4. The third kappa shape index (κ3) is 2.94. The van der Waals surface area contributed by atoms with Gasteiger partial charge in [-0.3, -0.25) is 0 Å². The molecule has 0 bridgehead atoms. The van der Waals surface area contributed by atoms with Crippen LogP contribution in [0.3, 0.4) is 0 Å². The van der Waals surface area contributed by atoms with E-state index in [1.54, 1.807) is 12.1 Å². The van der Waals surface area contributed by atoms with Crippen LogP contribution in [-0.4, -0.2) is 39.6 Å². The average molecular weight is 390 g/mol. The molecule has 2 aliphatic rings. The summed E-state index contributed by atoms with van der Waals surface area (Å²) < 4.78 is 11.1. The third-order valence-electron chi connectivity index (χ3n) is 6.23. The second kappa shape index (κ2) is 7.95. The highest BCUT2D eigenvalue weighted by atomic mass is 16.5. The van der Waals surface area contributed by atoms with Crippen molar-refractivity contribution in [2.75, 3.05) is 33.9 Å². The van der Waals surface area contributed by atoms with E-state index in [0.717, 1.165) is 18.7 Å². The van der Waals surface area contributed by atoms with E-state index in [9.17, 15) is 15.8 Å². The highest BCUT2D eigenvalue weighted by molar-refractivity contribution is 6.01. The van der Waals surface area contributed by atoms with Gasteiger partial charge in [-0.2, -0.15) is 15.8 Å². The maximum absolute atomic E-state index is 10.1. The number of methoxy groups -OCH3 is 2. The molecule has 1 aliphatic carbocycles. The van der Waals surface area contributed by atoms with E-state index in [4.69, 9.17) is 14.9 Å². The molecule has 0 radical (unpaired) electrons. The number of nitrogens with one attached hydrogen (secondary N) is 2. The number of likely N-dealkylation sites (N-methyl/N-ethyl adjacent to an activating group) is 1. The molecule has 148 valence electrons. The minimum atomic E-state index is -1.75. The summed E-state index contributed by atoms with van der Waals surface area (Å²) in [5, 5.41) is 38.8. The molecule has 0 saturated heterocycles. The fraction of sp³-hybridized carbons (Fsp3) is 0.455. The molecule has 1 saturated carbocycles. The first-order valence-corrected chi connectivity index (χ1v) is 9.58. The zero-order valence-electron chi connectivity index (χ0n) is 16.8. The van der Waals surface area contributed by atoms with E-state index in [2.05, 4.69) is 25.1 Å². The molecule has 1 aromatic carbocycles. The Morgan fingerprint density at radius 3 is 2.48 bits per heavy atom. The third-order valence-corrected chi connectivity index (χ3v) is 6.23. The molecular formula is C22H24N5O2+. The van der Waals surface area contributed by atoms with Crippen LogP contribution in [0.5, 0.6) is 11.5 Å². The van der Waals surface area contributed by atoms with Gasteiger partial charge in [-0.1, -0.05) is 12.1 Å². The number of hydrogen-bond donors (Lipinski definition) is 2. The Morgan fingerprint density at radius 1 is 1.21 bits per heavy atom. The molecule has 7 nitrogen and oxygen atoms in total. The van der Waals surface area contributed by atoms with Crippen molar-refractivity contribution in [2.24, 2.45) is 17.3 Å². The Hall–Kier alpha value is -3.34. The lowest BCUT2D eigenvalue weighted by molar-refractivity contribution is -0.897. The van der Waals surface area contributed by atoms with Crippen LogP contribution in [-0.2, 0) is 0 Å². The van der Waals surface area contributed by atoms with Crippen LogP contribution in [0.4, 0.5) is 0 Å². The summed E-state index contributed by atoms with van der Waals surface area (Å²) in [4.78, 5) is 1.31. The normalized spacial score (nSPS) is 27.4. The van der Waals surface area contributed by atoms with Gasteiger partial charge >= 0.3 is 0 Å². The fourth-order valence-corrected chi connectivity index (χ4v) is 4.75. The van der Waals surface area contributed by atoms with Crippen LogP contribution in [0.25, 0.3) is 0 Å². The fourth-order valence-electron chi connectivity index (χ4n) is 4.75. The van der Waals surface area contributed by atoms with E-state index < -0.39 is 17.3 Å². The molecule has 2 unspecified atom stereocenters. The molecule has 1 fully saturated rings. The summed E-state index contributed by atoms with van der Waals surface area (Å²) >= 11 is 0. The molecule has 0 aromatic heterocycles. The molecule has 2 N–H and O–H groups in total. The zero-order valence-corrected chi connectivity index (χ0v) is 16.8. The summed E-state index contributed by atoms with van der Waals surface area (Å²) in [6.45, 7) is 4.43. The van der Waals surface area contributed by atoms with Crippen molar-refractivity contribution in [3.8, 4) is 29.7 Å². The Morgan fingerprint density at radius 2 is 1.93 bits per heavy atom. The number of hydrogen-bond acceptors (Lipinski definition) is 6. The lowest BCUT2D eigenvalue weighted by atomic mass is 9.54. The SMILES string of the molecule is CC[NH+]1CC=C2C(C#N)C(=N)C(C#N)(C#N)[C@H](c3cccc(OC)c3OC)[C@@H]2C1. The number of fused-ring (bicyclic) bond motifs is 1. The van der Waals surface area contributed by atoms with Gasteiger partial charge in [0.05, 0.1) is 57.8 Å². The van der Waals surface area contributed by atoms with E-state index in [0.29, 0.717) is 23.6 Å². The Balaban J connectivity index is 2.33. The second-order valence-corrected chi connectivity index (χ2v) is 7.39. The summed E-state index contributed by atoms with van der Waals surface area (Å²) in [6.07, 6.45) is 2.02. The molecule has 7 heteroatoms. The van der Waals surface area contributed by atoms with Crippen molar-refractivity contribution < 1.29 is 14.4 Å². The van der Waals surface area contributed by atoms with E-state index in [-0.39, 0.29) is 11.6 Å². The van der Waals surface area contributed by atoms with Crippen LogP contribution >= 0.6 is 0 Å². The standard InChI is InChI=1S/C22H23N5O2/c1-4-27-9-8-14-16(10-23)21(26)22(12-24,13-25)19(17(14)11-27)15-6-5-7-18(28-2)20(15)29-3/h5-8,16-17,19,26H,4,9,11H2,1-3H3/p+1/t16?,17-,19-/m1/s1. The van der Waals surface area contributed by atoms with Gasteiger partial charge in [0.1, 0.15) is 5.92 Å². The van der Waals surface area contributed by atoms with Crippen LogP contribution in [0.15, 0.2) is 29.8 Å². The largest absolute Gasteiger partial charge is 0.493 e. The smallest absolute Gasteiger partial charge is 0.190 e. The number of benzene rings is 1. The van der Waals surface area contributed by atoms with Crippen molar-refractivity contribution in [1.82, 2.24) is 0 Å². The van der Waals surface area contributed by atoms with Crippen molar-refractivity contribution in [3.05, 3.63) is 35.4 Å². The molecule has 1 aromatic rings. The number of ether oxygens (including phenoxy) is 2. The molecule has 1 heterocycles. The number of para-hydroxylation sites is 1. The monoisotopic (exact) mass is 390 g/mol. The van der Waals surface area contributed by atoms with Gasteiger partial charge < -0.3 is 19.8 Å². The summed E-state index contributed by atoms with van der Waals surface area (Å²) in [7, 11) is 3.06. The first-order valence-electron chi connectivity index (χ1n) is 9.58. The van der Waals surface area contributed by atoms with E-state index in [1.807, 2.05) is 12.1 Å². The van der Waals surface area contributed by atoms with Gasteiger partial charge in [0.15, 0.2) is 16.9 Å². The van der Waals surface area contributed by atoms with Gasteiger partial charge in [-0.05, 0) is 24.6 Å².